The average Bonchev–Trinajstić information content (AvgIpc) is 2.54. The number of carbonyl (C=O) groups excluding carboxylic acids is 1. The normalized spacial score (nSPS) is 11.1. The van der Waals surface area contributed by atoms with Crippen molar-refractivity contribution in [2.24, 2.45) is 10.7 Å². The number of nitrogens with one attached hydrogen (secondary N) is 1. The molecule has 0 aliphatic rings. The molecule has 0 heterocycles. The monoisotopic (exact) mass is 332 g/mol. The van der Waals surface area contributed by atoms with Gasteiger partial charge in [-0.3, -0.25) is 20.2 Å². The lowest BCUT2D eigenvalue weighted by atomic mass is 10.2. The van der Waals surface area contributed by atoms with E-state index in [2.05, 4.69) is 10.3 Å². The van der Waals surface area contributed by atoms with E-state index in [-0.39, 0.29) is 17.2 Å². The van der Waals surface area contributed by atoms with Crippen LogP contribution in [0.2, 0.25) is 5.02 Å². The van der Waals surface area contributed by atoms with Crippen LogP contribution in [0.25, 0.3) is 0 Å². The number of nitrogens with two attached hydrogens (primary N) is 1. The first-order chi connectivity index (χ1) is 11.0. The zero-order chi connectivity index (χ0) is 16.8. The Hall–Kier alpha value is -2.93. The lowest BCUT2D eigenvalue weighted by Crippen LogP contribution is -2.36. The van der Waals surface area contributed by atoms with Gasteiger partial charge in [0.15, 0.2) is 5.96 Å². The number of nitrogens with zero attached hydrogens (tertiary/aromatic N) is 2. The van der Waals surface area contributed by atoms with Crippen molar-refractivity contribution in [3.8, 4) is 0 Å². The number of hydrogen-bond acceptors (Lipinski definition) is 4. The molecule has 118 valence electrons. The standard InChI is InChI=1S/C15H13ClN4O3/c16-12-5-1-10(2-6-12)9-18-15(17)19-14(21)11-3-7-13(8-4-11)20(22)23/h1-8H,9H2,(H3,17,18,19,21). The molecule has 8 heteroatoms. The van der Waals surface area contributed by atoms with Gasteiger partial charge in [-0.15, -0.1) is 0 Å². The molecule has 0 unspecified atom stereocenters. The smallest absolute Gasteiger partial charge is 0.269 e. The Kier molecular flexibility index (Phi) is 5.27. The van der Waals surface area contributed by atoms with Gasteiger partial charge in [0.25, 0.3) is 11.6 Å². The van der Waals surface area contributed by atoms with E-state index in [1.165, 1.54) is 24.3 Å². The molecule has 0 saturated carbocycles. The molecule has 7 nitrogen and oxygen atoms in total. The molecule has 0 radical (unpaired) electrons. The van der Waals surface area contributed by atoms with Gasteiger partial charge in [0, 0.05) is 22.7 Å². The van der Waals surface area contributed by atoms with Crippen molar-refractivity contribution in [1.29, 1.82) is 0 Å². The lowest BCUT2D eigenvalue weighted by molar-refractivity contribution is -0.384. The summed E-state index contributed by atoms with van der Waals surface area (Å²) in [6.07, 6.45) is 0. The van der Waals surface area contributed by atoms with Gasteiger partial charge >= 0.3 is 0 Å². The van der Waals surface area contributed by atoms with Crippen LogP contribution in [0.15, 0.2) is 53.5 Å². The molecule has 0 aliphatic carbocycles. The molecule has 2 rings (SSSR count). The summed E-state index contributed by atoms with van der Waals surface area (Å²) in [6, 6.07) is 12.3. The summed E-state index contributed by atoms with van der Waals surface area (Å²) in [4.78, 5) is 26.0. The maximum absolute atomic E-state index is 11.9. The van der Waals surface area contributed by atoms with Gasteiger partial charge in [0.05, 0.1) is 11.5 Å². The van der Waals surface area contributed by atoms with Gasteiger partial charge in [-0.25, -0.2) is 4.99 Å². The second kappa shape index (κ2) is 7.37. The molecule has 0 aromatic heterocycles. The highest BCUT2D eigenvalue weighted by Gasteiger charge is 2.10. The Bertz CT molecular complexity index is 742. The quantitative estimate of drug-likeness (QED) is 0.388. The number of amides is 1. The van der Waals surface area contributed by atoms with Crippen LogP contribution < -0.4 is 11.1 Å². The number of nitro groups is 1. The Labute approximate surface area is 136 Å². The Balaban J connectivity index is 1.97. The van der Waals surface area contributed by atoms with Crippen LogP contribution in [-0.2, 0) is 6.54 Å². The number of guanidine groups is 1. The van der Waals surface area contributed by atoms with Crippen LogP contribution in [0, 0.1) is 10.1 Å². The minimum absolute atomic E-state index is 0.0386. The van der Waals surface area contributed by atoms with Crippen LogP contribution in [0.4, 0.5) is 5.69 Å². The van der Waals surface area contributed by atoms with Crippen LogP contribution >= 0.6 is 11.6 Å². The number of carbonyl (C=O) groups is 1. The van der Waals surface area contributed by atoms with E-state index in [0.717, 1.165) is 5.56 Å². The van der Waals surface area contributed by atoms with E-state index in [1.54, 1.807) is 24.3 Å². The fourth-order valence-corrected chi connectivity index (χ4v) is 1.85. The highest BCUT2D eigenvalue weighted by molar-refractivity contribution is 6.30. The topological polar surface area (TPSA) is 111 Å². The van der Waals surface area contributed by atoms with E-state index in [1.807, 2.05) is 0 Å². The third-order valence-corrected chi connectivity index (χ3v) is 3.18. The van der Waals surface area contributed by atoms with Crippen LogP contribution in [0.3, 0.4) is 0 Å². The van der Waals surface area contributed by atoms with Crippen molar-refractivity contribution in [3.63, 3.8) is 0 Å². The highest BCUT2D eigenvalue weighted by atomic mass is 35.5. The molecular formula is C15H13ClN4O3. The van der Waals surface area contributed by atoms with Gasteiger partial charge in [-0.05, 0) is 29.8 Å². The summed E-state index contributed by atoms with van der Waals surface area (Å²) in [5.74, 6) is -0.527. The number of rotatable bonds is 4. The van der Waals surface area contributed by atoms with Gasteiger partial charge in [-0.2, -0.15) is 0 Å². The zero-order valence-electron chi connectivity index (χ0n) is 11.9. The maximum Gasteiger partial charge on any atom is 0.269 e. The number of nitro benzene ring substituents is 1. The number of benzene rings is 2. The van der Waals surface area contributed by atoms with Crippen molar-refractivity contribution < 1.29 is 9.72 Å². The van der Waals surface area contributed by atoms with Crippen LogP contribution in [-0.4, -0.2) is 16.8 Å². The molecule has 0 fully saturated rings. The summed E-state index contributed by atoms with van der Waals surface area (Å²) in [5, 5.41) is 13.6. The predicted octanol–water partition coefficient (Wildman–Crippen LogP) is 2.49. The SMILES string of the molecule is NC(=NCc1ccc(Cl)cc1)NC(=O)c1ccc([N+](=O)[O-])cc1. The van der Waals surface area contributed by atoms with Crippen LogP contribution in [0.1, 0.15) is 15.9 Å². The van der Waals surface area contributed by atoms with E-state index in [4.69, 9.17) is 17.3 Å². The number of halogens is 1. The Morgan fingerprint density at radius 3 is 2.35 bits per heavy atom. The number of non-ortho nitro benzene ring substituents is 1. The van der Waals surface area contributed by atoms with Crippen molar-refractivity contribution in [2.75, 3.05) is 0 Å². The van der Waals surface area contributed by atoms with Crippen molar-refractivity contribution in [3.05, 3.63) is 74.8 Å². The van der Waals surface area contributed by atoms with E-state index >= 15 is 0 Å². The van der Waals surface area contributed by atoms with Gasteiger partial charge < -0.3 is 5.73 Å². The third-order valence-electron chi connectivity index (χ3n) is 2.93. The molecule has 1 amide bonds. The third kappa shape index (κ3) is 4.79. The molecule has 3 N–H and O–H groups in total. The largest absolute Gasteiger partial charge is 0.370 e. The van der Waals surface area contributed by atoms with E-state index < -0.39 is 10.8 Å². The molecule has 2 aromatic carbocycles. The van der Waals surface area contributed by atoms with Crippen LogP contribution in [0.5, 0.6) is 0 Å². The first kappa shape index (κ1) is 16.4. The lowest BCUT2D eigenvalue weighted by Gasteiger charge is -2.04. The van der Waals surface area contributed by atoms with Gasteiger partial charge in [0.1, 0.15) is 0 Å². The molecule has 2 aromatic rings. The van der Waals surface area contributed by atoms with Crippen molar-refractivity contribution in [1.82, 2.24) is 5.32 Å². The molecule has 0 saturated heterocycles. The first-order valence-electron chi connectivity index (χ1n) is 6.56. The number of aliphatic imine (C=N–C) groups is 1. The fraction of sp³-hybridized carbons (Fsp3) is 0.0667. The first-order valence-corrected chi connectivity index (χ1v) is 6.93. The summed E-state index contributed by atoms with van der Waals surface area (Å²) < 4.78 is 0. The summed E-state index contributed by atoms with van der Waals surface area (Å²) in [7, 11) is 0. The second-order valence-electron chi connectivity index (χ2n) is 4.59. The summed E-state index contributed by atoms with van der Waals surface area (Å²) in [5.41, 5.74) is 6.70. The molecule has 0 aliphatic heterocycles. The van der Waals surface area contributed by atoms with E-state index in [0.29, 0.717) is 11.6 Å². The molecule has 0 bridgehead atoms. The molecule has 23 heavy (non-hydrogen) atoms. The van der Waals surface area contributed by atoms with Crippen molar-refractivity contribution >= 4 is 29.2 Å². The average molecular weight is 333 g/mol. The zero-order valence-corrected chi connectivity index (χ0v) is 12.7. The summed E-state index contributed by atoms with van der Waals surface area (Å²) in [6.45, 7) is 0.295. The Morgan fingerprint density at radius 2 is 1.78 bits per heavy atom. The molecule has 0 spiro atoms. The fourth-order valence-electron chi connectivity index (χ4n) is 1.73. The summed E-state index contributed by atoms with van der Waals surface area (Å²) >= 11 is 5.78. The van der Waals surface area contributed by atoms with Crippen molar-refractivity contribution in [2.45, 2.75) is 6.54 Å². The highest BCUT2D eigenvalue weighted by Crippen LogP contribution is 2.12. The molecule has 0 atom stereocenters. The predicted molar refractivity (Wildman–Crippen MR) is 87.3 cm³/mol. The van der Waals surface area contributed by atoms with Gasteiger partial charge in [0.2, 0.25) is 0 Å². The number of hydrogen-bond donors (Lipinski definition) is 2. The molecular weight excluding hydrogens is 320 g/mol. The maximum atomic E-state index is 11.9. The Morgan fingerprint density at radius 1 is 1.17 bits per heavy atom. The second-order valence-corrected chi connectivity index (χ2v) is 5.02. The minimum Gasteiger partial charge on any atom is -0.370 e. The minimum atomic E-state index is -0.538. The van der Waals surface area contributed by atoms with Gasteiger partial charge in [-0.1, -0.05) is 23.7 Å². The van der Waals surface area contributed by atoms with E-state index in [9.17, 15) is 14.9 Å².